The summed E-state index contributed by atoms with van der Waals surface area (Å²) in [6, 6.07) is 0. The quantitative estimate of drug-likeness (QED) is 0.203. The van der Waals surface area contributed by atoms with Crippen LogP contribution in [0.2, 0.25) is 0 Å². The molecule has 1 unspecified atom stereocenters. The maximum Gasteiger partial charge on any atom is 0.285 e. The second-order valence-electron chi connectivity index (χ2n) is 6.62. The van der Waals surface area contributed by atoms with Gasteiger partial charge in [-0.05, 0) is 26.2 Å². The van der Waals surface area contributed by atoms with E-state index in [2.05, 4.69) is 13.5 Å². The van der Waals surface area contributed by atoms with Gasteiger partial charge in [0.2, 0.25) is 0 Å². The van der Waals surface area contributed by atoms with Gasteiger partial charge >= 0.3 is 0 Å². The Morgan fingerprint density at radius 3 is 1.96 bits per heavy atom. The molecule has 0 bridgehead atoms. The summed E-state index contributed by atoms with van der Waals surface area (Å²) in [5, 5.41) is 0. The molecule has 1 atom stereocenters. The van der Waals surface area contributed by atoms with Crippen molar-refractivity contribution in [2.75, 3.05) is 34.5 Å². The van der Waals surface area contributed by atoms with E-state index >= 15 is 0 Å². The molecule has 0 radical (unpaired) electrons. The Hall–Kier alpha value is -0.420. The molecule has 0 aromatic heterocycles. The normalized spacial score (nSPS) is 13.2. The van der Waals surface area contributed by atoms with Crippen molar-refractivity contribution in [3.8, 4) is 0 Å². The maximum atomic E-state index is 5.61. The summed E-state index contributed by atoms with van der Waals surface area (Å²) in [5.74, 6) is -0.741. The SMILES string of the molecule is C=C(C)COCCCC(CCCCCCCC)C(OC)(OC)OC. The van der Waals surface area contributed by atoms with Gasteiger partial charge in [-0.1, -0.05) is 57.6 Å². The van der Waals surface area contributed by atoms with E-state index in [9.17, 15) is 0 Å². The Morgan fingerprint density at radius 1 is 0.875 bits per heavy atom. The van der Waals surface area contributed by atoms with E-state index in [1.165, 1.54) is 38.5 Å². The first-order valence-corrected chi connectivity index (χ1v) is 9.43. The highest BCUT2D eigenvalue weighted by Gasteiger charge is 2.39. The van der Waals surface area contributed by atoms with Gasteiger partial charge in [0.1, 0.15) is 0 Å². The van der Waals surface area contributed by atoms with Gasteiger partial charge in [-0.15, -0.1) is 0 Å². The number of ether oxygens (including phenoxy) is 4. The highest BCUT2D eigenvalue weighted by molar-refractivity contribution is 4.87. The van der Waals surface area contributed by atoms with E-state index in [1.807, 2.05) is 6.92 Å². The Bertz CT molecular complexity index is 292. The summed E-state index contributed by atoms with van der Waals surface area (Å²) >= 11 is 0. The maximum absolute atomic E-state index is 5.61. The molecule has 0 N–H and O–H groups in total. The summed E-state index contributed by atoms with van der Waals surface area (Å²) in [5.41, 5.74) is 1.05. The fourth-order valence-corrected chi connectivity index (χ4v) is 3.10. The third-order valence-corrected chi connectivity index (χ3v) is 4.45. The average Bonchev–Trinajstić information content (AvgIpc) is 2.58. The molecule has 0 amide bonds. The lowest BCUT2D eigenvalue weighted by molar-refractivity contribution is -0.380. The van der Waals surface area contributed by atoms with Crippen LogP contribution in [0.25, 0.3) is 0 Å². The van der Waals surface area contributed by atoms with Gasteiger partial charge in [0.05, 0.1) is 6.61 Å². The zero-order valence-corrected chi connectivity index (χ0v) is 16.7. The summed E-state index contributed by atoms with van der Waals surface area (Å²) in [7, 11) is 4.95. The number of hydrogen-bond acceptors (Lipinski definition) is 4. The van der Waals surface area contributed by atoms with E-state index in [1.54, 1.807) is 21.3 Å². The van der Waals surface area contributed by atoms with Crippen LogP contribution < -0.4 is 0 Å². The van der Waals surface area contributed by atoms with Gasteiger partial charge in [-0.25, -0.2) is 0 Å². The third-order valence-electron chi connectivity index (χ3n) is 4.45. The molecular weight excluding hydrogens is 304 g/mol. The van der Waals surface area contributed by atoms with Gasteiger partial charge < -0.3 is 18.9 Å². The predicted octanol–water partition coefficient (Wildman–Crippen LogP) is 5.32. The van der Waals surface area contributed by atoms with E-state index in [-0.39, 0.29) is 5.92 Å². The molecule has 0 aliphatic heterocycles. The molecule has 0 fully saturated rings. The van der Waals surface area contributed by atoms with Gasteiger partial charge in [0.25, 0.3) is 5.97 Å². The number of methoxy groups -OCH3 is 3. The molecule has 24 heavy (non-hydrogen) atoms. The highest BCUT2D eigenvalue weighted by atomic mass is 16.9. The minimum atomic E-state index is -0.947. The van der Waals surface area contributed by atoms with Crippen molar-refractivity contribution in [2.45, 2.75) is 77.6 Å². The summed E-state index contributed by atoms with van der Waals surface area (Å²) in [4.78, 5) is 0. The van der Waals surface area contributed by atoms with E-state index in [0.29, 0.717) is 6.61 Å². The topological polar surface area (TPSA) is 36.9 Å². The Morgan fingerprint density at radius 2 is 1.42 bits per heavy atom. The van der Waals surface area contributed by atoms with Crippen LogP contribution in [0.3, 0.4) is 0 Å². The van der Waals surface area contributed by atoms with Crippen LogP contribution in [-0.4, -0.2) is 40.5 Å². The number of hydrogen-bond donors (Lipinski definition) is 0. The standard InChI is InChI=1S/C20H40O4/c1-7-8-9-10-11-12-14-19(20(21-4,22-5)23-6)15-13-16-24-17-18(2)3/h19H,2,7-17H2,1,3-6H3. The van der Waals surface area contributed by atoms with Crippen LogP contribution in [0.1, 0.15) is 71.6 Å². The summed E-state index contributed by atoms with van der Waals surface area (Å²) in [6.07, 6.45) is 10.7. The average molecular weight is 345 g/mol. The molecule has 4 heteroatoms. The van der Waals surface area contributed by atoms with Gasteiger partial charge in [0, 0.05) is 33.9 Å². The second-order valence-corrected chi connectivity index (χ2v) is 6.62. The largest absolute Gasteiger partial charge is 0.377 e. The fourth-order valence-electron chi connectivity index (χ4n) is 3.10. The van der Waals surface area contributed by atoms with Crippen molar-refractivity contribution in [1.29, 1.82) is 0 Å². The zero-order valence-electron chi connectivity index (χ0n) is 16.7. The fraction of sp³-hybridized carbons (Fsp3) is 0.900. The van der Waals surface area contributed by atoms with Gasteiger partial charge in [-0.2, -0.15) is 0 Å². The monoisotopic (exact) mass is 344 g/mol. The molecule has 0 rings (SSSR count). The van der Waals surface area contributed by atoms with Crippen molar-refractivity contribution in [1.82, 2.24) is 0 Å². The lowest BCUT2D eigenvalue weighted by atomic mass is 9.93. The highest BCUT2D eigenvalue weighted by Crippen LogP contribution is 2.32. The Labute approximate surface area is 149 Å². The summed E-state index contributed by atoms with van der Waals surface area (Å²) in [6.45, 7) is 9.44. The van der Waals surface area contributed by atoms with Crippen molar-refractivity contribution < 1.29 is 18.9 Å². The zero-order chi connectivity index (χ0) is 18.3. The first-order chi connectivity index (χ1) is 11.6. The van der Waals surface area contributed by atoms with Crippen LogP contribution >= 0.6 is 0 Å². The molecule has 0 saturated heterocycles. The molecule has 0 aliphatic carbocycles. The molecule has 0 aromatic rings. The van der Waals surface area contributed by atoms with Crippen LogP contribution in [-0.2, 0) is 18.9 Å². The number of unbranched alkanes of at least 4 members (excludes halogenated alkanes) is 5. The minimum absolute atomic E-state index is 0.206. The molecule has 0 aromatic carbocycles. The molecule has 0 aliphatic rings. The first kappa shape index (κ1) is 23.6. The summed E-state index contributed by atoms with van der Waals surface area (Å²) < 4.78 is 22.4. The molecule has 0 heterocycles. The predicted molar refractivity (Wildman–Crippen MR) is 100 cm³/mol. The molecule has 0 saturated carbocycles. The van der Waals surface area contributed by atoms with Crippen molar-refractivity contribution >= 4 is 0 Å². The lowest BCUT2D eigenvalue weighted by Gasteiger charge is -2.36. The van der Waals surface area contributed by atoms with Crippen LogP contribution in [0, 0.1) is 5.92 Å². The van der Waals surface area contributed by atoms with Crippen LogP contribution in [0.5, 0.6) is 0 Å². The van der Waals surface area contributed by atoms with Crippen molar-refractivity contribution in [3.05, 3.63) is 12.2 Å². The van der Waals surface area contributed by atoms with E-state index in [4.69, 9.17) is 18.9 Å². The molecule has 144 valence electrons. The Kier molecular flexibility index (Phi) is 14.6. The van der Waals surface area contributed by atoms with Crippen molar-refractivity contribution in [2.24, 2.45) is 5.92 Å². The van der Waals surface area contributed by atoms with E-state index < -0.39 is 5.97 Å². The minimum Gasteiger partial charge on any atom is -0.377 e. The number of rotatable bonds is 17. The van der Waals surface area contributed by atoms with Gasteiger partial charge in [-0.3, -0.25) is 0 Å². The Balaban J connectivity index is 4.35. The van der Waals surface area contributed by atoms with Crippen molar-refractivity contribution in [3.63, 3.8) is 0 Å². The molecular formula is C20H40O4. The van der Waals surface area contributed by atoms with Crippen LogP contribution in [0.4, 0.5) is 0 Å². The second kappa shape index (κ2) is 14.9. The smallest absolute Gasteiger partial charge is 0.285 e. The van der Waals surface area contributed by atoms with E-state index in [0.717, 1.165) is 31.4 Å². The van der Waals surface area contributed by atoms with Gasteiger partial charge in [0.15, 0.2) is 0 Å². The first-order valence-electron chi connectivity index (χ1n) is 9.43. The lowest BCUT2D eigenvalue weighted by Crippen LogP contribution is -2.44. The molecule has 4 nitrogen and oxygen atoms in total. The molecule has 0 spiro atoms. The van der Waals surface area contributed by atoms with Crippen LogP contribution in [0.15, 0.2) is 12.2 Å². The third kappa shape index (κ3) is 9.77.